The summed E-state index contributed by atoms with van der Waals surface area (Å²) in [4.78, 5) is 4.53. The molecule has 102 valence electrons. The van der Waals surface area contributed by atoms with Gasteiger partial charge in [0, 0.05) is 12.7 Å². The molecular formula is C14H20N4S. The Morgan fingerprint density at radius 3 is 2.68 bits per heavy atom. The molecule has 2 rings (SSSR count). The Hall–Kier alpha value is -1.49. The third-order valence-corrected chi connectivity index (χ3v) is 3.96. The van der Waals surface area contributed by atoms with Gasteiger partial charge in [-0.1, -0.05) is 13.3 Å². The van der Waals surface area contributed by atoms with E-state index >= 15 is 0 Å². The molecule has 2 aromatic rings. The van der Waals surface area contributed by atoms with Crippen molar-refractivity contribution in [2.45, 2.75) is 43.7 Å². The third kappa shape index (κ3) is 3.10. The fraction of sp³-hybridized carbons (Fsp3) is 0.429. The van der Waals surface area contributed by atoms with Crippen LogP contribution in [0.15, 0.2) is 22.2 Å². The highest BCUT2D eigenvalue weighted by molar-refractivity contribution is 7.99. The molecule has 0 saturated carbocycles. The molecule has 0 fully saturated rings. The zero-order valence-electron chi connectivity index (χ0n) is 11.9. The number of nitrogen functional groups attached to an aromatic ring is 1. The predicted molar refractivity (Wildman–Crippen MR) is 79.4 cm³/mol. The summed E-state index contributed by atoms with van der Waals surface area (Å²) < 4.78 is 1.85. The van der Waals surface area contributed by atoms with E-state index in [9.17, 15) is 0 Å². The van der Waals surface area contributed by atoms with Crippen LogP contribution in [0.1, 0.15) is 30.3 Å². The second-order valence-corrected chi connectivity index (χ2v) is 5.77. The number of nitrogens with zero attached hydrogens (tertiary/aromatic N) is 3. The number of nitrogens with two attached hydrogens (primary N) is 1. The van der Waals surface area contributed by atoms with Crippen molar-refractivity contribution >= 4 is 17.4 Å². The second kappa shape index (κ2) is 5.65. The van der Waals surface area contributed by atoms with Gasteiger partial charge in [0.15, 0.2) is 0 Å². The van der Waals surface area contributed by atoms with E-state index in [2.05, 4.69) is 36.1 Å². The topological polar surface area (TPSA) is 56.7 Å². The molecule has 0 amide bonds. The lowest BCUT2D eigenvalue weighted by Crippen LogP contribution is -1.95. The highest BCUT2D eigenvalue weighted by Crippen LogP contribution is 2.33. The molecule has 2 N–H and O–H groups in total. The van der Waals surface area contributed by atoms with E-state index in [0.29, 0.717) is 0 Å². The minimum Gasteiger partial charge on any atom is -0.395 e. The molecule has 0 radical (unpaired) electrons. The molecule has 0 aliphatic rings. The van der Waals surface area contributed by atoms with E-state index < -0.39 is 0 Å². The second-order valence-electron chi connectivity index (χ2n) is 4.77. The summed E-state index contributed by atoms with van der Waals surface area (Å²) in [5.41, 5.74) is 10.2. The highest BCUT2D eigenvalue weighted by Gasteiger charge is 2.14. The standard InChI is InChI=1S/C14H20N4S/c1-5-6-11-13(15)14(18(4)17-11)19-12-8-9(2)7-10(3)16-12/h7-8H,5-6,15H2,1-4H3. The fourth-order valence-corrected chi connectivity index (χ4v) is 3.11. The molecule has 0 spiro atoms. The summed E-state index contributed by atoms with van der Waals surface area (Å²) in [5, 5.41) is 6.42. The smallest absolute Gasteiger partial charge is 0.123 e. The Morgan fingerprint density at radius 1 is 1.32 bits per heavy atom. The normalized spacial score (nSPS) is 10.9. The van der Waals surface area contributed by atoms with Crippen molar-refractivity contribution in [3.63, 3.8) is 0 Å². The van der Waals surface area contributed by atoms with Gasteiger partial charge in [-0.25, -0.2) is 4.98 Å². The lowest BCUT2D eigenvalue weighted by Gasteiger charge is -2.05. The molecule has 0 bridgehead atoms. The predicted octanol–water partition coefficient (Wildman–Crippen LogP) is 3.12. The minimum absolute atomic E-state index is 0.787. The molecule has 5 heteroatoms. The zero-order chi connectivity index (χ0) is 14.0. The molecule has 0 aromatic carbocycles. The van der Waals surface area contributed by atoms with Crippen molar-refractivity contribution in [2.75, 3.05) is 5.73 Å². The number of anilines is 1. The maximum Gasteiger partial charge on any atom is 0.123 e. The Morgan fingerprint density at radius 2 is 2.05 bits per heavy atom. The number of pyridine rings is 1. The monoisotopic (exact) mass is 276 g/mol. The molecule has 19 heavy (non-hydrogen) atoms. The van der Waals surface area contributed by atoms with Crippen LogP contribution in [0.2, 0.25) is 0 Å². The number of hydrogen-bond acceptors (Lipinski definition) is 4. The van der Waals surface area contributed by atoms with Gasteiger partial charge in [0.25, 0.3) is 0 Å². The van der Waals surface area contributed by atoms with Crippen LogP contribution in [0.25, 0.3) is 0 Å². The highest BCUT2D eigenvalue weighted by atomic mass is 32.2. The van der Waals surface area contributed by atoms with Crippen molar-refractivity contribution in [1.29, 1.82) is 0 Å². The summed E-state index contributed by atoms with van der Waals surface area (Å²) in [7, 11) is 1.93. The Labute approximate surface area is 118 Å². The summed E-state index contributed by atoms with van der Waals surface area (Å²) in [6, 6.07) is 4.14. The molecule has 0 saturated heterocycles. The fourth-order valence-electron chi connectivity index (χ4n) is 2.08. The summed E-state index contributed by atoms with van der Waals surface area (Å²) in [5.74, 6) is 0. The summed E-state index contributed by atoms with van der Waals surface area (Å²) in [6.07, 6.45) is 1.97. The van der Waals surface area contributed by atoms with Crippen LogP contribution in [0.3, 0.4) is 0 Å². The van der Waals surface area contributed by atoms with E-state index in [0.717, 1.165) is 40.0 Å². The van der Waals surface area contributed by atoms with Crippen molar-refractivity contribution in [2.24, 2.45) is 7.05 Å². The summed E-state index contributed by atoms with van der Waals surface area (Å²) >= 11 is 1.58. The van der Waals surface area contributed by atoms with Crippen molar-refractivity contribution in [3.8, 4) is 0 Å². The van der Waals surface area contributed by atoms with E-state index in [1.54, 1.807) is 11.8 Å². The van der Waals surface area contributed by atoms with Gasteiger partial charge in [-0.2, -0.15) is 5.10 Å². The van der Waals surface area contributed by atoms with Crippen LogP contribution in [0, 0.1) is 13.8 Å². The van der Waals surface area contributed by atoms with Crippen LogP contribution in [-0.4, -0.2) is 14.8 Å². The Kier molecular flexibility index (Phi) is 4.14. The van der Waals surface area contributed by atoms with Gasteiger partial charge >= 0.3 is 0 Å². The average molecular weight is 276 g/mol. The van der Waals surface area contributed by atoms with E-state index in [1.165, 1.54) is 5.56 Å². The van der Waals surface area contributed by atoms with Crippen molar-refractivity contribution < 1.29 is 0 Å². The van der Waals surface area contributed by atoms with Crippen LogP contribution >= 0.6 is 11.8 Å². The maximum absolute atomic E-state index is 6.18. The maximum atomic E-state index is 6.18. The van der Waals surface area contributed by atoms with Gasteiger partial charge in [0.2, 0.25) is 0 Å². The third-order valence-electron chi connectivity index (χ3n) is 2.87. The Balaban J connectivity index is 2.32. The number of aromatic nitrogens is 3. The van der Waals surface area contributed by atoms with E-state index in [-0.39, 0.29) is 0 Å². The van der Waals surface area contributed by atoms with Gasteiger partial charge in [-0.15, -0.1) is 0 Å². The SMILES string of the molecule is CCCc1nn(C)c(Sc2cc(C)cc(C)n2)c1N. The molecule has 0 unspecified atom stereocenters. The Bertz CT molecular complexity index is 569. The van der Waals surface area contributed by atoms with Gasteiger partial charge in [-0.05, 0) is 49.7 Å². The van der Waals surface area contributed by atoms with Crippen LogP contribution in [-0.2, 0) is 13.5 Å². The van der Waals surface area contributed by atoms with Gasteiger partial charge in [0.1, 0.15) is 10.1 Å². The number of aryl methyl sites for hydroxylation is 4. The van der Waals surface area contributed by atoms with Crippen LogP contribution in [0.4, 0.5) is 5.69 Å². The molecule has 2 aromatic heterocycles. The van der Waals surface area contributed by atoms with Gasteiger partial charge in [-0.3, -0.25) is 4.68 Å². The largest absolute Gasteiger partial charge is 0.395 e. The lowest BCUT2D eigenvalue weighted by molar-refractivity contribution is 0.681. The quantitative estimate of drug-likeness (QED) is 0.932. The minimum atomic E-state index is 0.787. The van der Waals surface area contributed by atoms with E-state index in [4.69, 9.17) is 5.73 Å². The van der Waals surface area contributed by atoms with E-state index in [1.807, 2.05) is 18.7 Å². The molecule has 2 heterocycles. The van der Waals surface area contributed by atoms with Crippen LogP contribution < -0.4 is 5.73 Å². The van der Waals surface area contributed by atoms with Gasteiger partial charge < -0.3 is 5.73 Å². The molecule has 0 aliphatic carbocycles. The number of rotatable bonds is 4. The van der Waals surface area contributed by atoms with Crippen LogP contribution in [0.5, 0.6) is 0 Å². The molecule has 0 atom stereocenters. The average Bonchev–Trinajstić information content (AvgIpc) is 2.56. The van der Waals surface area contributed by atoms with Crippen molar-refractivity contribution in [1.82, 2.24) is 14.8 Å². The zero-order valence-corrected chi connectivity index (χ0v) is 12.7. The molecule has 0 aliphatic heterocycles. The molecule has 4 nitrogen and oxygen atoms in total. The molecular weight excluding hydrogens is 256 g/mol. The number of hydrogen-bond donors (Lipinski definition) is 1. The van der Waals surface area contributed by atoms with Crippen molar-refractivity contribution in [3.05, 3.63) is 29.1 Å². The first-order valence-electron chi connectivity index (χ1n) is 6.45. The first-order chi connectivity index (χ1) is 9.01. The van der Waals surface area contributed by atoms with Gasteiger partial charge in [0.05, 0.1) is 11.4 Å². The first kappa shape index (κ1) is 13.9. The lowest BCUT2D eigenvalue weighted by atomic mass is 10.2. The summed E-state index contributed by atoms with van der Waals surface area (Å²) in [6.45, 7) is 6.21. The first-order valence-corrected chi connectivity index (χ1v) is 7.27.